The molecule has 0 saturated carbocycles. The van der Waals surface area contributed by atoms with Crippen molar-refractivity contribution in [3.8, 4) is 5.75 Å². The lowest BCUT2D eigenvalue weighted by Gasteiger charge is -2.25. The topological polar surface area (TPSA) is 70.8 Å². The highest BCUT2D eigenvalue weighted by Gasteiger charge is 2.43. The highest BCUT2D eigenvalue weighted by atomic mass is 79.9. The molecular formula is C24H16BrNO4. The molecule has 0 fully saturated rings. The van der Waals surface area contributed by atoms with Crippen LogP contribution in [0.4, 0.5) is 5.69 Å². The highest BCUT2D eigenvalue weighted by Crippen LogP contribution is 2.41. The molecule has 0 spiro atoms. The van der Waals surface area contributed by atoms with Crippen molar-refractivity contribution < 1.29 is 14.3 Å². The van der Waals surface area contributed by atoms with Crippen LogP contribution in [0.2, 0.25) is 0 Å². The van der Waals surface area contributed by atoms with E-state index in [1.54, 1.807) is 41.3 Å². The smallest absolute Gasteiger partial charge is 0.295 e. The second-order valence-corrected chi connectivity index (χ2v) is 8.23. The average Bonchev–Trinajstić information content (AvgIpc) is 3.03. The summed E-state index contributed by atoms with van der Waals surface area (Å²) < 4.78 is 6.83. The van der Waals surface area contributed by atoms with E-state index in [4.69, 9.17) is 4.42 Å². The van der Waals surface area contributed by atoms with Gasteiger partial charge in [0.2, 0.25) is 5.76 Å². The summed E-state index contributed by atoms with van der Waals surface area (Å²) in [5.74, 6) is -0.207. The van der Waals surface area contributed by atoms with Crippen molar-refractivity contribution >= 4 is 38.5 Å². The maximum atomic E-state index is 13.5. The number of halogens is 1. The van der Waals surface area contributed by atoms with Gasteiger partial charge in [-0.1, -0.05) is 39.7 Å². The molecular weight excluding hydrogens is 446 g/mol. The van der Waals surface area contributed by atoms with Gasteiger partial charge in [0, 0.05) is 10.2 Å². The lowest BCUT2D eigenvalue weighted by molar-refractivity contribution is 0.0971. The Morgan fingerprint density at radius 1 is 0.967 bits per heavy atom. The van der Waals surface area contributed by atoms with Gasteiger partial charge in [0.1, 0.15) is 11.3 Å². The van der Waals surface area contributed by atoms with Crippen LogP contribution < -0.4 is 10.3 Å². The van der Waals surface area contributed by atoms with E-state index in [1.165, 1.54) is 0 Å². The molecule has 1 atom stereocenters. The third-order valence-corrected chi connectivity index (χ3v) is 5.87. The number of carbonyl (C=O) groups excluding carboxylic acids is 1. The molecule has 1 N–H and O–H groups in total. The molecule has 0 saturated heterocycles. The van der Waals surface area contributed by atoms with Gasteiger partial charge in [-0.15, -0.1) is 0 Å². The second-order valence-electron chi connectivity index (χ2n) is 7.32. The summed E-state index contributed by atoms with van der Waals surface area (Å²) in [5.41, 5.74) is 2.77. The molecule has 1 amide bonds. The maximum Gasteiger partial charge on any atom is 0.295 e. The van der Waals surface area contributed by atoms with Gasteiger partial charge in [0.25, 0.3) is 5.91 Å². The Hall–Kier alpha value is -3.38. The zero-order valence-corrected chi connectivity index (χ0v) is 17.5. The first-order chi connectivity index (χ1) is 14.4. The second kappa shape index (κ2) is 6.85. The van der Waals surface area contributed by atoms with Gasteiger partial charge in [0.05, 0.1) is 17.0 Å². The standard InChI is InChI=1S/C24H16BrNO4/c1-13-2-11-19-18(12-13)22(28)20-21(14-3-9-17(27)10-4-14)26(24(29)23(20)30-19)16-7-5-15(25)6-8-16/h2-12,21,27H,1H3. The lowest BCUT2D eigenvalue weighted by Crippen LogP contribution is -2.29. The number of rotatable bonds is 2. The van der Waals surface area contributed by atoms with Crippen molar-refractivity contribution in [3.05, 3.63) is 104 Å². The zero-order chi connectivity index (χ0) is 21.0. The molecule has 6 heteroatoms. The van der Waals surface area contributed by atoms with Gasteiger partial charge in [-0.25, -0.2) is 0 Å². The Morgan fingerprint density at radius 2 is 1.67 bits per heavy atom. The Kier molecular flexibility index (Phi) is 4.25. The number of amides is 1. The maximum absolute atomic E-state index is 13.5. The summed E-state index contributed by atoms with van der Waals surface area (Å²) in [5, 5.41) is 10.2. The number of anilines is 1. The predicted octanol–water partition coefficient (Wildman–Crippen LogP) is 5.32. The average molecular weight is 462 g/mol. The first-order valence-corrected chi connectivity index (χ1v) is 10.2. The molecule has 1 aliphatic rings. The Balaban J connectivity index is 1.81. The third kappa shape index (κ3) is 2.83. The number of benzene rings is 3. The van der Waals surface area contributed by atoms with Crippen LogP contribution in [-0.2, 0) is 0 Å². The minimum absolute atomic E-state index is 0.0531. The van der Waals surface area contributed by atoms with Crippen molar-refractivity contribution in [3.63, 3.8) is 0 Å². The monoisotopic (exact) mass is 461 g/mol. The fourth-order valence-corrected chi connectivity index (χ4v) is 4.19. The van der Waals surface area contributed by atoms with E-state index < -0.39 is 6.04 Å². The first kappa shape index (κ1) is 18.6. The van der Waals surface area contributed by atoms with Crippen molar-refractivity contribution in [2.75, 3.05) is 4.90 Å². The molecule has 30 heavy (non-hydrogen) atoms. The minimum atomic E-state index is -0.657. The molecule has 1 unspecified atom stereocenters. The SMILES string of the molecule is Cc1ccc2oc3c(c(=O)c2c1)C(c1ccc(O)cc1)N(c1ccc(Br)cc1)C3=O. The van der Waals surface area contributed by atoms with E-state index in [0.29, 0.717) is 27.8 Å². The largest absolute Gasteiger partial charge is 0.508 e. The van der Waals surface area contributed by atoms with Crippen LogP contribution in [0.25, 0.3) is 11.0 Å². The van der Waals surface area contributed by atoms with Gasteiger partial charge < -0.3 is 9.52 Å². The molecule has 3 aromatic carbocycles. The van der Waals surface area contributed by atoms with Gasteiger partial charge in [-0.3, -0.25) is 14.5 Å². The van der Waals surface area contributed by atoms with Gasteiger partial charge in [-0.05, 0) is 61.0 Å². The number of hydrogen-bond acceptors (Lipinski definition) is 4. The molecule has 0 bridgehead atoms. The Labute approximate surface area is 180 Å². The normalized spacial score (nSPS) is 15.6. The summed E-state index contributed by atoms with van der Waals surface area (Å²) >= 11 is 3.41. The number of aromatic hydroxyl groups is 1. The summed E-state index contributed by atoms with van der Waals surface area (Å²) in [6, 6.07) is 18.5. The van der Waals surface area contributed by atoms with E-state index in [1.807, 2.05) is 37.3 Å². The van der Waals surface area contributed by atoms with Crippen LogP contribution >= 0.6 is 15.9 Å². The molecule has 5 nitrogen and oxygen atoms in total. The van der Waals surface area contributed by atoms with Crippen molar-refractivity contribution in [2.24, 2.45) is 0 Å². The summed E-state index contributed by atoms with van der Waals surface area (Å²) in [4.78, 5) is 28.5. The van der Waals surface area contributed by atoms with E-state index >= 15 is 0 Å². The molecule has 1 aromatic heterocycles. The molecule has 148 valence electrons. The van der Waals surface area contributed by atoms with Gasteiger partial charge >= 0.3 is 0 Å². The number of hydrogen-bond donors (Lipinski definition) is 1. The molecule has 0 aliphatic carbocycles. The first-order valence-electron chi connectivity index (χ1n) is 9.39. The molecule has 1 aliphatic heterocycles. The Bertz CT molecular complexity index is 1360. The fraction of sp³-hybridized carbons (Fsp3) is 0.0833. The molecule has 2 heterocycles. The van der Waals surface area contributed by atoms with Crippen molar-refractivity contribution in [2.45, 2.75) is 13.0 Å². The minimum Gasteiger partial charge on any atom is -0.508 e. The van der Waals surface area contributed by atoms with Crippen molar-refractivity contribution in [1.82, 2.24) is 0 Å². The predicted molar refractivity (Wildman–Crippen MR) is 118 cm³/mol. The van der Waals surface area contributed by atoms with Crippen LogP contribution in [0.5, 0.6) is 5.75 Å². The number of aryl methyl sites for hydroxylation is 1. The molecule has 4 aromatic rings. The summed E-state index contributed by atoms with van der Waals surface area (Å²) in [6.45, 7) is 1.91. The van der Waals surface area contributed by atoms with Crippen LogP contribution in [0.1, 0.15) is 33.3 Å². The van der Waals surface area contributed by atoms with Crippen LogP contribution in [0.3, 0.4) is 0 Å². The summed E-state index contributed by atoms with van der Waals surface area (Å²) in [7, 11) is 0. The van der Waals surface area contributed by atoms with Crippen LogP contribution in [0, 0.1) is 6.92 Å². The van der Waals surface area contributed by atoms with Crippen LogP contribution in [-0.4, -0.2) is 11.0 Å². The number of carbonyl (C=O) groups is 1. The number of phenolic OH excluding ortho intramolecular Hbond substituents is 1. The fourth-order valence-electron chi connectivity index (χ4n) is 3.93. The Morgan fingerprint density at radius 3 is 2.37 bits per heavy atom. The number of fused-ring (bicyclic) bond motifs is 2. The molecule has 0 radical (unpaired) electrons. The van der Waals surface area contributed by atoms with Crippen molar-refractivity contribution in [1.29, 1.82) is 0 Å². The quantitative estimate of drug-likeness (QED) is 0.438. The van der Waals surface area contributed by atoms with Crippen LogP contribution in [0.15, 0.2) is 80.4 Å². The molecule has 5 rings (SSSR count). The van der Waals surface area contributed by atoms with E-state index in [0.717, 1.165) is 10.0 Å². The van der Waals surface area contributed by atoms with Gasteiger partial charge in [0.15, 0.2) is 5.43 Å². The highest BCUT2D eigenvalue weighted by molar-refractivity contribution is 9.10. The zero-order valence-electron chi connectivity index (χ0n) is 15.9. The van der Waals surface area contributed by atoms with E-state index in [9.17, 15) is 14.7 Å². The van der Waals surface area contributed by atoms with E-state index in [2.05, 4.69) is 15.9 Å². The third-order valence-electron chi connectivity index (χ3n) is 5.34. The summed E-state index contributed by atoms with van der Waals surface area (Å²) in [6.07, 6.45) is 0. The lowest BCUT2D eigenvalue weighted by atomic mass is 9.98. The number of phenols is 1. The number of nitrogens with zero attached hydrogens (tertiary/aromatic N) is 1. The van der Waals surface area contributed by atoms with Gasteiger partial charge in [-0.2, -0.15) is 0 Å². The van der Waals surface area contributed by atoms with E-state index in [-0.39, 0.29) is 22.8 Å².